The van der Waals surface area contributed by atoms with Crippen molar-refractivity contribution in [3.05, 3.63) is 0 Å². The molecule has 0 heterocycles. The van der Waals surface area contributed by atoms with Gasteiger partial charge in [0.25, 0.3) is 0 Å². The lowest BCUT2D eigenvalue weighted by molar-refractivity contribution is -0.857. The topological polar surface area (TPSA) is 105 Å². The Labute approximate surface area is 227 Å². The first kappa shape index (κ1) is 35.8. The molecule has 0 radical (unpaired) electrons. The number of unbranched alkanes of at least 4 members (excludes halogenated alkanes) is 14. The van der Waals surface area contributed by atoms with Crippen LogP contribution in [0.4, 0.5) is 0 Å². The lowest BCUT2D eigenvalue weighted by Crippen LogP contribution is -3.05. The van der Waals surface area contributed by atoms with Crippen LogP contribution in [0.25, 0.3) is 0 Å². The smallest absolute Gasteiger partial charge is 0.217 e. The molecule has 0 aromatic carbocycles. The normalized spacial score (nSPS) is 12.9. The minimum Gasteiger partial charge on any atom is -0.360 e. The average molecular weight is 544 g/mol. The van der Waals surface area contributed by atoms with E-state index < -0.39 is 25.2 Å². The zero-order chi connectivity index (χ0) is 27.9. The van der Waals surface area contributed by atoms with Crippen molar-refractivity contribution in [2.24, 2.45) is 0 Å². The molecule has 0 saturated carbocycles. The van der Waals surface area contributed by atoms with Gasteiger partial charge in [-0.1, -0.05) is 96.8 Å². The van der Waals surface area contributed by atoms with Crippen LogP contribution in [0.15, 0.2) is 0 Å². The summed E-state index contributed by atoms with van der Waals surface area (Å²) in [6.07, 6.45) is 19.5. The van der Waals surface area contributed by atoms with Crippen LogP contribution < -0.4 is 10.2 Å². The van der Waals surface area contributed by atoms with Gasteiger partial charge in [0, 0.05) is 32.2 Å². The fraction of sp³-hybridized carbons (Fsp3) is 0.862. The van der Waals surface area contributed by atoms with E-state index in [1.165, 1.54) is 84.0 Å². The van der Waals surface area contributed by atoms with Gasteiger partial charge < -0.3 is 15.1 Å². The van der Waals surface area contributed by atoms with Gasteiger partial charge >= 0.3 is 0 Å². The molecule has 216 valence electrons. The van der Waals surface area contributed by atoms with Crippen LogP contribution in [0, 0.1) is 0 Å². The van der Waals surface area contributed by atoms with Crippen molar-refractivity contribution in [2.75, 3.05) is 20.6 Å². The molecule has 0 aliphatic heterocycles. The molecule has 0 bridgehead atoms. The van der Waals surface area contributed by atoms with Crippen molar-refractivity contribution in [1.29, 1.82) is 0 Å². The van der Waals surface area contributed by atoms with Crippen LogP contribution in [0.3, 0.4) is 0 Å². The van der Waals surface area contributed by atoms with Crippen LogP contribution >= 0.6 is 8.15 Å². The predicted octanol–water partition coefficient (Wildman–Crippen LogP) is 5.08. The van der Waals surface area contributed by atoms with Crippen LogP contribution in [-0.2, 0) is 19.2 Å². The maximum Gasteiger partial charge on any atom is 0.217 e. The van der Waals surface area contributed by atoms with Gasteiger partial charge in [-0.3, -0.25) is 19.2 Å². The first-order chi connectivity index (χ1) is 17.7. The Hall–Kier alpha value is -1.17. The summed E-state index contributed by atoms with van der Waals surface area (Å²) in [6, 6.07) is -0.668. The van der Waals surface area contributed by atoms with E-state index in [1.54, 1.807) is 0 Å². The molecule has 0 spiro atoms. The molecule has 0 fully saturated rings. The molecule has 2 unspecified atom stereocenters. The maximum absolute atomic E-state index is 12.4. The van der Waals surface area contributed by atoms with Crippen LogP contribution in [0.5, 0.6) is 0 Å². The van der Waals surface area contributed by atoms with Gasteiger partial charge in [-0.2, -0.15) is 0 Å². The predicted molar refractivity (Wildman–Crippen MR) is 153 cm³/mol. The van der Waals surface area contributed by atoms with E-state index >= 15 is 0 Å². The third-order valence-corrected chi connectivity index (χ3v) is 8.02. The van der Waals surface area contributed by atoms with Crippen molar-refractivity contribution in [1.82, 2.24) is 5.32 Å². The quantitative estimate of drug-likeness (QED) is 0.104. The Morgan fingerprint density at radius 2 is 1.16 bits per heavy atom. The molecule has 37 heavy (non-hydrogen) atoms. The SMILES string of the molecule is CCCCCCCCCCCCCCCCCC(=O)CC(CC(=O)P(O)C(=O)CC[NH+](C)C)NC(C)=O. The first-order valence-electron chi connectivity index (χ1n) is 14.8. The Kier molecular flexibility index (Phi) is 23.2. The van der Waals surface area contributed by atoms with Gasteiger partial charge in [0.1, 0.15) is 5.78 Å². The zero-order valence-electron chi connectivity index (χ0n) is 24.2. The number of quaternary nitrogens is 1. The summed E-state index contributed by atoms with van der Waals surface area (Å²) >= 11 is 0. The number of nitrogens with one attached hydrogen (secondary N) is 2. The molecular formula is C29H56N2O5P+. The largest absolute Gasteiger partial charge is 0.360 e. The number of carbonyl (C=O) groups is 4. The Morgan fingerprint density at radius 3 is 1.59 bits per heavy atom. The molecule has 8 heteroatoms. The fourth-order valence-corrected chi connectivity index (χ4v) is 5.43. The van der Waals surface area contributed by atoms with Crippen molar-refractivity contribution >= 4 is 30.9 Å². The minimum atomic E-state index is -2.40. The van der Waals surface area contributed by atoms with Crippen molar-refractivity contribution in [2.45, 2.75) is 142 Å². The van der Waals surface area contributed by atoms with E-state index in [2.05, 4.69) is 12.2 Å². The Morgan fingerprint density at radius 1 is 0.703 bits per heavy atom. The fourth-order valence-electron chi connectivity index (χ4n) is 4.43. The summed E-state index contributed by atoms with van der Waals surface area (Å²) in [5.41, 5.74) is -1.03. The van der Waals surface area contributed by atoms with Gasteiger partial charge in [-0.15, -0.1) is 0 Å². The summed E-state index contributed by atoms with van der Waals surface area (Å²) in [5.74, 6) is -0.326. The number of Topliss-reactive ketones (excluding diaryl/α,β-unsaturated/α-hetero) is 1. The summed E-state index contributed by atoms with van der Waals surface area (Å²) in [4.78, 5) is 59.6. The van der Waals surface area contributed by atoms with Gasteiger partial charge in [-0.05, 0) is 6.42 Å². The number of hydrogen-bond donors (Lipinski definition) is 3. The monoisotopic (exact) mass is 543 g/mol. The third kappa shape index (κ3) is 22.5. The molecule has 1 amide bonds. The molecule has 0 saturated heterocycles. The lowest BCUT2D eigenvalue weighted by Gasteiger charge is -2.18. The van der Waals surface area contributed by atoms with Gasteiger partial charge in [0.2, 0.25) is 5.91 Å². The Bertz CT molecular complexity index is 642. The standard InChI is InChI=1S/C29H55N2O5P/c1-5-6-7-8-9-10-11-12-13-14-15-16-17-18-19-20-27(33)23-26(30-25(2)32)24-29(35)37(36)28(34)21-22-31(3)4/h26,36H,5-24H2,1-4H3,(H,30,32)/p+1. The van der Waals surface area contributed by atoms with Gasteiger partial charge in [-0.25, -0.2) is 0 Å². The molecular weight excluding hydrogens is 487 g/mol. The third-order valence-electron chi connectivity index (χ3n) is 6.67. The maximum atomic E-state index is 12.4. The molecule has 3 N–H and O–H groups in total. The summed E-state index contributed by atoms with van der Waals surface area (Å²) < 4.78 is 0. The van der Waals surface area contributed by atoms with Gasteiger partial charge in [0.05, 0.1) is 27.1 Å². The van der Waals surface area contributed by atoms with Crippen LogP contribution in [0.1, 0.15) is 136 Å². The second-order valence-corrected chi connectivity index (χ2v) is 12.5. The zero-order valence-corrected chi connectivity index (χ0v) is 25.1. The van der Waals surface area contributed by atoms with Crippen LogP contribution in [-0.4, -0.2) is 54.3 Å². The average Bonchev–Trinajstić information content (AvgIpc) is 2.83. The van der Waals surface area contributed by atoms with Crippen LogP contribution in [0.2, 0.25) is 0 Å². The summed E-state index contributed by atoms with van der Waals surface area (Å²) in [7, 11) is 1.39. The number of hydrogen-bond acceptors (Lipinski definition) is 5. The Balaban J connectivity index is 3.99. The minimum absolute atomic E-state index is 0.00560. The van der Waals surface area contributed by atoms with E-state index in [-0.39, 0.29) is 31.0 Å². The number of ketones is 1. The van der Waals surface area contributed by atoms with Crippen molar-refractivity contribution < 1.29 is 29.0 Å². The highest BCUT2D eigenvalue weighted by molar-refractivity contribution is 7.84. The first-order valence-corrected chi connectivity index (χ1v) is 16.1. The van der Waals surface area contributed by atoms with Crippen molar-refractivity contribution in [3.63, 3.8) is 0 Å². The van der Waals surface area contributed by atoms with E-state index in [0.717, 1.165) is 24.2 Å². The number of carbonyl (C=O) groups excluding carboxylic acids is 4. The summed E-state index contributed by atoms with van der Waals surface area (Å²) in [5, 5.41) is 2.64. The van der Waals surface area contributed by atoms with E-state index in [9.17, 15) is 24.1 Å². The molecule has 7 nitrogen and oxygen atoms in total. The number of amides is 1. The molecule has 0 aromatic heterocycles. The van der Waals surface area contributed by atoms with Gasteiger partial charge in [0.15, 0.2) is 19.2 Å². The second-order valence-electron chi connectivity index (χ2n) is 10.9. The highest BCUT2D eigenvalue weighted by Crippen LogP contribution is 2.35. The number of rotatable bonds is 26. The summed E-state index contributed by atoms with van der Waals surface area (Å²) in [6.45, 7) is 4.13. The highest BCUT2D eigenvalue weighted by atomic mass is 31.1. The second kappa shape index (κ2) is 23.9. The molecule has 0 aliphatic carbocycles. The van der Waals surface area contributed by atoms with Crippen molar-refractivity contribution in [3.8, 4) is 0 Å². The lowest BCUT2D eigenvalue weighted by atomic mass is 10.0. The molecule has 0 aliphatic rings. The molecule has 2 atom stereocenters. The van der Waals surface area contributed by atoms with E-state index in [0.29, 0.717) is 13.0 Å². The molecule has 0 aromatic rings. The van der Waals surface area contributed by atoms with E-state index in [1.807, 2.05) is 14.1 Å². The molecule has 0 rings (SSSR count). The van der Waals surface area contributed by atoms with E-state index in [4.69, 9.17) is 0 Å². The highest BCUT2D eigenvalue weighted by Gasteiger charge is 2.28.